The molecule has 8 nitrogen and oxygen atoms in total. The van der Waals surface area contributed by atoms with Crippen molar-refractivity contribution in [2.45, 2.75) is 75.5 Å². The third-order valence-corrected chi connectivity index (χ3v) is 9.35. The monoisotopic (exact) mass is 510 g/mol. The average molecular weight is 511 g/mol. The first-order valence-electron chi connectivity index (χ1n) is 11.3. The van der Waals surface area contributed by atoms with Gasteiger partial charge in [0.25, 0.3) is 6.43 Å². The number of hydrogen-bond donors (Lipinski definition) is 2. The molecule has 3 atom stereocenters. The fourth-order valence-corrected chi connectivity index (χ4v) is 6.71. The van der Waals surface area contributed by atoms with Gasteiger partial charge in [-0.25, -0.2) is 21.9 Å². The van der Waals surface area contributed by atoms with E-state index in [1.165, 1.54) is 0 Å². The van der Waals surface area contributed by atoms with Crippen molar-refractivity contribution < 1.29 is 17.2 Å². The summed E-state index contributed by atoms with van der Waals surface area (Å²) in [7, 11) is -3.80. The van der Waals surface area contributed by atoms with Gasteiger partial charge >= 0.3 is 0 Å². The van der Waals surface area contributed by atoms with Crippen LogP contribution in [0.2, 0.25) is 0 Å². The number of fused-ring (bicyclic) bond motifs is 1. The lowest BCUT2D eigenvalue weighted by Crippen LogP contribution is -2.59. The van der Waals surface area contributed by atoms with Gasteiger partial charge in [-0.05, 0) is 58.7 Å². The number of pyridine rings is 1. The predicted molar refractivity (Wildman–Crippen MR) is 128 cm³/mol. The van der Waals surface area contributed by atoms with E-state index in [-0.39, 0.29) is 28.0 Å². The highest BCUT2D eigenvalue weighted by Gasteiger charge is 2.41. The highest BCUT2D eigenvalue weighted by molar-refractivity contribution is 7.89. The number of rotatable bonds is 6. The molecular weight excluding hydrogens is 482 g/mol. The maximum absolute atomic E-state index is 13.4. The van der Waals surface area contributed by atoms with Gasteiger partial charge in [-0.15, -0.1) is 10.2 Å². The maximum atomic E-state index is 13.4. The number of sulfonamides is 1. The van der Waals surface area contributed by atoms with Crippen LogP contribution in [-0.2, 0) is 10.0 Å². The zero-order chi connectivity index (χ0) is 24.4. The first-order valence-corrected chi connectivity index (χ1v) is 13.6. The van der Waals surface area contributed by atoms with Crippen molar-refractivity contribution in [1.82, 2.24) is 24.6 Å². The number of nitrogens with one attached hydrogen (secondary N) is 2. The van der Waals surface area contributed by atoms with Crippen LogP contribution < -0.4 is 14.9 Å². The Kier molecular flexibility index (Phi) is 5.70. The van der Waals surface area contributed by atoms with E-state index in [0.29, 0.717) is 17.2 Å². The number of piperazine rings is 1. The number of anilines is 1. The normalized spacial score (nSPS) is 24.8. The number of nitrogens with zero attached hydrogens (tertiary/aromatic N) is 4. The summed E-state index contributed by atoms with van der Waals surface area (Å²) in [4.78, 5) is 2.35. The Labute approximate surface area is 201 Å². The van der Waals surface area contributed by atoms with E-state index in [9.17, 15) is 17.2 Å². The molecule has 5 rings (SSSR count). The molecule has 3 aromatic heterocycles. The van der Waals surface area contributed by atoms with Crippen LogP contribution in [0, 0.1) is 0 Å². The minimum Gasteiger partial charge on any atom is -0.364 e. The Balaban J connectivity index is 1.69. The molecule has 2 fully saturated rings. The Morgan fingerprint density at radius 3 is 2.62 bits per heavy atom. The molecule has 184 valence electrons. The quantitative estimate of drug-likeness (QED) is 0.524. The fraction of sp³-hybridized carbons (Fsp3) is 0.545. The molecule has 34 heavy (non-hydrogen) atoms. The molecule has 12 heteroatoms. The van der Waals surface area contributed by atoms with Crippen LogP contribution in [-0.4, -0.2) is 53.2 Å². The van der Waals surface area contributed by atoms with Gasteiger partial charge in [-0.3, -0.25) is 0 Å². The number of aromatic nitrogens is 3. The maximum Gasteiger partial charge on any atom is 0.291 e. The van der Waals surface area contributed by atoms with Crippen LogP contribution in [0.1, 0.15) is 52.0 Å². The molecule has 1 aliphatic heterocycles. The summed E-state index contributed by atoms with van der Waals surface area (Å²) in [5.74, 6) is 0. The van der Waals surface area contributed by atoms with Crippen LogP contribution >= 0.6 is 11.3 Å². The van der Waals surface area contributed by atoms with Crippen molar-refractivity contribution >= 4 is 32.6 Å². The molecule has 0 spiro atoms. The molecule has 4 heterocycles. The second kappa shape index (κ2) is 8.21. The third kappa shape index (κ3) is 4.21. The van der Waals surface area contributed by atoms with E-state index in [2.05, 4.69) is 45.9 Å². The van der Waals surface area contributed by atoms with Gasteiger partial charge in [0.15, 0.2) is 10.0 Å². The Morgan fingerprint density at radius 2 is 1.97 bits per heavy atom. The number of halogens is 2. The van der Waals surface area contributed by atoms with Gasteiger partial charge < -0.3 is 14.6 Å². The van der Waals surface area contributed by atoms with E-state index >= 15 is 0 Å². The standard InChI is InChI=1S/C22H28F2N6O2S2/c1-12-10-29(14(3)13(2)25-12)18-9-15(34(31,32)28-22(4)7-8-22)11-30-16(18)5-6-17(30)20-26-27-21(33-20)19(23)24/h5-6,9,11-14,19,25,28H,7-8,10H2,1-4H3/t12-,13+,14+/m0/s1. The highest BCUT2D eigenvalue weighted by Crippen LogP contribution is 2.38. The zero-order valence-electron chi connectivity index (χ0n) is 19.4. The molecule has 1 saturated heterocycles. The van der Waals surface area contributed by atoms with Crippen molar-refractivity contribution in [1.29, 1.82) is 0 Å². The van der Waals surface area contributed by atoms with Crippen molar-refractivity contribution in [3.8, 4) is 10.7 Å². The molecule has 0 bridgehead atoms. The minimum atomic E-state index is -3.80. The van der Waals surface area contributed by atoms with E-state index in [1.54, 1.807) is 22.7 Å². The van der Waals surface area contributed by atoms with Crippen molar-refractivity contribution in [2.24, 2.45) is 0 Å². The van der Waals surface area contributed by atoms with E-state index in [4.69, 9.17) is 0 Å². The van der Waals surface area contributed by atoms with Gasteiger partial charge in [-0.1, -0.05) is 11.3 Å². The molecule has 3 aromatic rings. The Hall–Kier alpha value is -2.15. The molecule has 0 amide bonds. The Morgan fingerprint density at radius 1 is 1.24 bits per heavy atom. The molecule has 1 aliphatic carbocycles. The Bertz CT molecular complexity index is 1330. The zero-order valence-corrected chi connectivity index (χ0v) is 21.1. The van der Waals surface area contributed by atoms with Crippen LogP contribution in [0.4, 0.5) is 14.5 Å². The summed E-state index contributed by atoms with van der Waals surface area (Å²) in [6.45, 7) is 8.90. The smallest absolute Gasteiger partial charge is 0.291 e. The van der Waals surface area contributed by atoms with Gasteiger partial charge in [0, 0.05) is 36.4 Å². The fourth-order valence-electron chi connectivity index (χ4n) is 4.51. The minimum absolute atomic E-state index is 0.108. The lowest BCUT2D eigenvalue weighted by molar-refractivity contribution is 0.150. The largest absolute Gasteiger partial charge is 0.364 e. The summed E-state index contributed by atoms with van der Waals surface area (Å²) in [6.07, 6.45) is 0.422. The van der Waals surface area contributed by atoms with Gasteiger partial charge in [0.05, 0.1) is 16.9 Å². The predicted octanol–water partition coefficient (Wildman–Crippen LogP) is 3.80. The molecule has 2 aliphatic rings. The molecule has 0 radical (unpaired) electrons. The second-order valence-electron chi connectivity index (χ2n) is 9.70. The van der Waals surface area contributed by atoms with Crippen molar-refractivity contribution in [3.63, 3.8) is 0 Å². The SMILES string of the molecule is C[C@@H]1[C@@H](C)N[C@@H](C)CN1c1cc(S(=O)(=O)NC2(C)CC2)cn2c(-c3nnc(C(F)F)s3)ccc12. The summed E-state index contributed by atoms with van der Waals surface area (Å²) >= 11 is 0.808. The first-order chi connectivity index (χ1) is 16.0. The van der Waals surface area contributed by atoms with E-state index in [1.807, 2.05) is 13.0 Å². The molecular formula is C22H28F2N6O2S2. The average Bonchev–Trinajstić information content (AvgIpc) is 3.17. The van der Waals surface area contributed by atoms with Gasteiger partial charge in [0.1, 0.15) is 4.90 Å². The van der Waals surface area contributed by atoms with E-state index in [0.717, 1.165) is 35.4 Å². The lowest BCUT2D eigenvalue weighted by atomic mass is 10.0. The number of alkyl halides is 2. The number of hydrogen-bond acceptors (Lipinski definition) is 7. The summed E-state index contributed by atoms with van der Waals surface area (Å²) < 4.78 is 57.6. The van der Waals surface area contributed by atoms with Crippen molar-refractivity contribution in [2.75, 3.05) is 11.4 Å². The summed E-state index contributed by atoms with van der Waals surface area (Å²) in [5.41, 5.74) is 1.67. The summed E-state index contributed by atoms with van der Waals surface area (Å²) in [5, 5.41) is 11.0. The topological polar surface area (TPSA) is 91.6 Å². The lowest BCUT2D eigenvalue weighted by Gasteiger charge is -2.43. The van der Waals surface area contributed by atoms with Crippen LogP contribution in [0.5, 0.6) is 0 Å². The summed E-state index contributed by atoms with van der Waals surface area (Å²) in [6, 6.07) is 5.89. The van der Waals surface area contributed by atoms with Crippen LogP contribution in [0.15, 0.2) is 29.3 Å². The van der Waals surface area contributed by atoms with E-state index < -0.39 is 22.0 Å². The van der Waals surface area contributed by atoms with Gasteiger partial charge in [0.2, 0.25) is 10.0 Å². The molecule has 2 N–H and O–H groups in total. The molecule has 0 aromatic carbocycles. The van der Waals surface area contributed by atoms with Crippen LogP contribution in [0.3, 0.4) is 0 Å². The molecule has 0 unspecified atom stereocenters. The third-order valence-electron chi connectivity index (χ3n) is 6.80. The molecule has 1 saturated carbocycles. The highest BCUT2D eigenvalue weighted by atomic mass is 32.2. The first kappa shape index (κ1) is 23.6. The van der Waals surface area contributed by atoms with Gasteiger partial charge in [-0.2, -0.15) is 0 Å². The van der Waals surface area contributed by atoms with Crippen LogP contribution in [0.25, 0.3) is 16.2 Å². The second-order valence-corrected chi connectivity index (χ2v) is 12.4. The van der Waals surface area contributed by atoms with Crippen molar-refractivity contribution in [3.05, 3.63) is 29.4 Å².